The molecule has 9 nitrogen and oxygen atoms in total. The van der Waals surface area contributed by atoms with Crippen LogP contribution in [0.3, 0.4) is 0 Å². The van der Waals surface area contributed by atoms with Crippen molar-refractivity contribution >= 4 is 34.2 Å². The minimum absolute atomic E-state index is 0.223. The number of nitrogens with two attached hydrogens (primary N) is 1. The zero-order chi connectivity index (χ0) is 22.8. The number of carbonyl (C=O) groups is 2. The van der Waals surface area contributed by atoms with E-state index in [-0.39, 0.29) is 12.5 Å². The van der Waals surface area contributed by atoms with Gasteiger partial charge in [-0.2, -0.15) is 0 Å². The molecule has 4 rings (SSSR count). The summed E-state index contributed by atoms with van der Waals surface area (Å²) in [5.41, 5.74) is 9.80. The number of fused-ring (bicyclic) bond motifs is 1. The minimum Gasteiger partial charge on any atom is -0.466 e. The van der Waals surface area contributed by atoms with Crippen LogP contribution in [0.4, 0.5) is 11.4 Å². The van der Waals surface area contributed by atoms with Crippen LogP contribution in [0.1, 0.15) is 40.9 Å². The van der Waals surface area contributed by atoms with Crippen LogP contribution in [0, 0.1) is 13.8 Å². The largest absolute Gasteiger partial charge is 0.466 e. The van der Waals surface area contributed by atoms with Crippen LogP contribution >= 0.6 is 0 Å². The van der Waals surface area contributed by atoms with Gasteiger partial charge in [0.25, 0.3) is 5.91 Å². The third-order valence-corrected chi connectivity index (χ3v) is 5.68. The average molecular weight is 437 g/mol. The first-order chi connectivity index (χ1) is 15.3. The first kappa shape index (κ1) is 21.6. The van der Waals surface area contributed by atoms with Crippen molar-refractivity contribution in [3.05, 3.63) is 41.1 Å². The van der Waals surface area contributed by atoms with Crippen LogP contribution in [0.25, 0.3) is 11.0 Å². The zero-order valence-corrected chi connectivity index (χ0v) is 18.6. The normalized spacial score (nSPS) is 13.9. The Hall–Kier alpha value is -3.62. The predicted octanol–water partition coefficient (Wildman–Crippen LogP) is 2.69. The molecular weight excluding hydrogens is 408 g/mol. The van der Waals surface area contributed by atoms with E-state index in [1.165, 1.54) is 6.42 Å². The fourth-order valence-electron chi connectivity index (χ4n) is 4.17. The number of primary amides is 1. The topological polar surface area (TPSA) is 115 Å². The summed E-state index contributed by atoms with van der Waals surface area (Å²) in [6.07, 6.45) is 3.37. The molecular formula is C23H28N6O3. The summed E-state index contributed by atoms with van der Waals surface area (Å²) in [6.45, 7) is 5.47. The minimum atomic E-state index is -0.542. The van der Waals surface area contributed by atoms with E-state index in [0.29, 0.717) is 22.8 Å². The van der Waals surface area contributed by atoms with Gasteiger partial charge in [-0.15, -0.1) is 5.10 Å². The van der Waals surface area contributed by atoms with Gasteiger partial charge in [-0.25, -0.2) is 9.67 Å². The number of nitrogens with one attached hydrogen (secondary N) is 1. The van der Waals surface area contributed by atoms with Gasteiger partial charge in [-0.05, 0) is 62.9 Å². The maximum Gasteiger partial charge on any atom is 0.262 e. The lowest BCUT2D eigenvalue weighted by Gasteiger charge is -2.30. The number of carbonyl (C=O) groups excluding carboxylic acids is 2. The molecule has 1 aliphatic heterocycles. The van der Waals surface area contributed by atoms with Crippen LogP contribution in [0.2, 0.25) is 0 Å². The number of aromatic nitrogens is 3. The number of amides is 2. The van der Waals surface area contributed by atoms with Crippen molar-refractivity contribution in [2.24, 2.45) is 12.8 Å². The summed E-state index contributed by atoms with van der Waals surface area (Å²) < 4.78 is 7.41. The number of pyridine rings is 1. The average Bonchev–Trinajstić information content (AvgIpc) is 3.08. The number of ether oxygens (including phenoxy) is 1. The number of aryl methyl sites for hydroxylation is 3. The molecule has 1 saturated heterocycles. The summed E-state index contributed by atoms with van der Waals surface area (Å²) >= 11 is 0. The van der Waals surface area contributed by atoms with Gasteiger partial charge in [0.15, 0.2) is 12.3 Å². The van der Waals surface area contributed by atoms with Crippen molar-refractivity contribution in [3.8, 4) is 5.88 Å². The van der Waals surface area contributed by atoms with Crippen LogP contribution < -0.4 is 20.7 Å². The smallest absolute Gasteiger partial charge is 0.262 e. The zero-order valence-electron chi connectivity index (χ0n) is 18.6. The van der Waals surface area contributed by atoms with Gasteiger partial charge in [-0.1, -0.05) is 0 Å². The van der Waals surface area contributed by atoms with Crippen molar-refractivity contribution in [1.29, 1.82) is 0 Å². The lowest BCUT2D eigenvalue weighted by Crippen LogP contribution is -2.31. The standard InChI is InChI=1S/C23H28N6O3/c1-14-11-15(2)25-22-20(14)23(27-28(22)3)32-13-19(30)26-17-12-16(21(24)31)7-8-18(17)29-9-5-4-6-10-29/h7-8,11-12H,4-6,9-10,13H2,1-3H3,(H2,24,31)(H,26,30). The van der Waals surface area contributed by atoms with Crippen molar-refractivity contribution in [3.63, 3.8) is 0 Å². The Morgan fingerprint density at radius 1 is 1.16 bits per heavy atom. The Bertz CT molecular complexity index is 1180. The number of piperidine rings is 1. The number of hydrogen-bond donors (Lipinski definition) is 2. The Labute approximate surface area is 186 Å². The Morgan fingerprint density at radius 3 is 2.62 bits per heavy atom. The number of hydrogen-bond acceptors (Lipinski definition) is 6. The van der Waals surface area contributed by atoms with Crippen molar-refractivity contribution in [1.82, 2.24) is 14.8 Å². The predicted molar refractivity (Wildman–Crippen MR) is 123 cm³/mol. The lowest BCUT2D eigenvalue weighted by molar-refractivity contribution is -0.118. The Kier molecular flexibility index (Phi) is 5.98. The maximum atomic E-state index is 12.8. The van der Waals surface area contributed by atoms with Crippen molar-refractivity contribution in [2.75, 3.05) is 29.9 Å². The van der Waals surface area contributed by atoms with Crippen molar-refractivity contribution < 1.29 is 14.3 Å². The molecule has 2 amide bonds. The first-order valence-electron chi connectivity index (χ1n) is 10.8. The summed E-state index contributed by atoms with van der Waals surface area (Å²) in [5, 5.41) is 8.06. The highest BCUT2D eigenvalue weighted by molar-refractivity contribution is 6.00. The third kappa shape index (κ3) is 4.37. The summed E-state index contributed by atoms with van der Waals surface area (Å²) in [5.74, 6) is -0.522. The first-order valence-corrected chi connectivity index (χ1v) is 10.8. The molecule has 3 heterocycles. The van der Waals surface area contributed by atoms with Gasteiger partial charge in [0, 0.05) is 31.4 Å². The van der Waals surface area contributed by atoms with E-state index in [1.807, 2.05) is 26.0 Å². The number of anilines is 2. The Morgan fingerprint density at radius 2 is 1.91 bits per heavy atom. The van der Waals surface area contributed by atoms with Crippen LogP contribution in [0.5, 0.6) is 5.88 Å². The summed E-state index contributed by atoms with van der Waals surface area (Å²) in [4.78, 5) is 31.2. The molecule has 168 valence electrons. The van der Waals surface area contributed by atoms with E-state index >= 15 is 0 Å². The van der Waals surface area contributed by atoms with Crippen LogP contribution in [-0.4, -0.2) is 46.3 Å². The van der Waals surface area contributed by atoms with Gasteiger partial charge >= 0.3 is 0 Å². The Balaban J connectivity index is 1.53. The molecule has 3 aromatic rings. The lowest BCUT2D eigenvalue weighted by atomic mass is 10.1. The second-order valence-electron chi connectivity index (χ2n) is 8.19. The van der Waals surface area contributed by atoms with E-state index in [4.69, 9.17) is 10.5 Å². The monoisotopic (exact) mass is 436 g/mol. The number of nitrogens with zero attached hydrogens (tertiary/aromatic N) is 4. The molecule has 32 heavy (non-hydrogen) atoms. The molecule has 1 aliphatic rings. The van der Waals surface area contributed by atoms with E-state index in [2.05, 4.69) is 20.3 Å². The fourth-order valence-corrected chi connectivity index (χ4v) is 4.17. The van der Waals surface area contributed by atoms with E-state index in [1.54, 1.807) is 23.9 Å². The van der Waals surface area contributed by atoms with Gasteiger partial charge in [0.05, 0.1) is 16.8 Å². The molecule has 3 N–H and O–H groups in total. The maximum absolute atomic E-state index is 12.8. The van der Waals surface area contributed by atoms with Gasteiger partial charge in [0.2, 0.25) is 11.8 Å². The van der Waals surface area contributed by atoms with Gasteiger partial charge < -0.3 is 20.7 Å². The molecule has 0 saturated carbocycles. The molecule has 0 unspecified atom stereocenters. The van der Waals surface area contributed by atoms with Gasteiger partial charge in [-0.3, -0.25) is 9.59 Å². The van der Waals surface area contributed by atoms with Crippen molar-refractivity contribution in [2.45, 2.75) is 33.1 Å². The second-order valence-corrected chi connectivity index (χ2v) is 8.19. The van der Waals surface area contributed by atoms with E-state index < -0.39 is 5.91 Å². The SMILES string of the molecule is Cc1cc(C)c2c(OCC(=O)Nc3cc(C(N)=O)ccc3N3CCCCC3)nn(C)c2n1. The molecule has 0 bridgehead atoms. The molecule has 0 atom stereocenters. The third-order valence-electron chi connectivity index (χ3n) is 5.68. The molecule has 9 heteroatoms. The number of benzene rings is 1. The summed E-state index contributed by atoms with van der Waals surface area (Å²) in [6, 6.07) is 7.11. The molecule has 1 aromatic carbocycles. The molecule has 0 spiro atoms. The second kappa shape index (κ2) is 8.86. The highest BCUT2D eigenvalue weighted by atomic mass is 16.5. The number of rotatable bonds is 6. The van der Waals surface area contributed by atoms with E-state index in [0.717, 1.165) is 48.3 Å². The molecule has 0 aliphatic carbocycles. The molecule has 2 aromatic heterocycles. The van der Waals surface area contributed by atoms with E-state index in [9.17, 15) is 9.59 Å². The quantitative estimate of drug-likeness (QED) is 0.614. The molecule has 0 radical (unpaired) electrons. The fraction of sp³-hybridized carbons (Fsp3) is 0.391. The van der Waals surface area contributed by atoms with Crippen LogP contribution in [-0.2, 0) is 11.8 Å². The highest BCUT2D eigenvalue weighted by Gasteiger charge is 2.19. The van der Waals surface area contributed by atoms with Gasteiger partial charge in [0.1, 0.15) is 0 Å². The summed E-state index contributed by atoms with van der Waals surface area (Å²) in [7, 11) is 1.79. The van der Waals surface area contributed by atoms with Crippen LogP contribution in [0.15, 0.2) is 24.3 Å². The highest BCUT2D eigenvalue weighted by Crippen LogP contribution is 2.30. The molecule has 1 fully saturated rings.